The second-order valence-electron chi connectivity index (χ2n) is 6.92. The minimum absolute atomic E-state index is 0.224. The summed E-state index contributed by atoms with van der Waals surface area (Å²) >= 11 is 0. The fourth-order valence-corrected chi connectivity index (χ4v) is 3.73. The van der Waals surface area contributed by atoms with E-state index in [1.54, 1.807) is 7.11 Å². The van der Waals surface area contributed by atoms with Gasteiger partial charge in [0.1, 0.15) is 5.75 Å². The summed E-state index contributed by atoms with van der Waals surface area (Å²) in [5.74, 6) is 1.91. The molecule has 0 saturated heterocycles. The summed E-state index contributed by atoms with van der Waals surface area (Å²) in [6, 6.07) is 26.8. The van der Waals surface area contributed by atoms with E-state index in [4.69, 9.17) is 9.47 Å². The number of benzene rings is 3. The number of imidazole rings is 1. The molecule has 4 aromatic rings. The molecule has 3 aromatic carbocycles. The molecule has 1 heterocycles. The number of aryl methyl sites for hydroxylation is 2. The molecular weight excluding hydrogens is 348 g/mol. The summed E-state index contributed by atoms with van der Waals surface area (Å²) in [7, 11) is 5.88. The van der Waals surface area contributed by atoms with Crippen molar-refractivity contribution in [3.63, 3.8) is 0 Å². The van der Waals surface area contributed by atoms with E-state index in [9.17, 15) is 0 Å². The summed E-state index contributed by atoms with van der Waals surface area (Å²) in [6.45, 7) is 0.532. The standard InChI is InChI=1S/C24H25N2O2/c1-25-21-14-7-8-15-22(21)26(2)24(25)23(19-12-9-13-20(16-19)27-3)28-17-18-10-5-4-6-11-18/h4-16,23H,17H2,1-3H3/q+1. The Morgan fingerprint density at radius 2 is 1.68 bits per heavy atom. The number of hydrogen-bond donors (Lipinski definition) is 0. The lowest BCUT2D eigenvalue weighted by Gasteiger charge is -2.17. The van der Waals surface area contributed by atoms with E-state index >= 15 is 0 Å². The molecule has 0 amide bonds. The summed E-state index contributed by atoms with van der Waals surface area (Å²) in [5, 5.41) is 0. The van der Waals surface area contributed by atoms with Crippen LogP contribution in [0.3, 0.4) is 0 Å². The Balaban J connectivity index is 1.81. The zero-order chi connectivity index (χ0) is 19.5. The molecular formula is C24H25N2O2+. The van der Waals surface area contributed by atoms with Gasteiger partial charge in [-0.25, -0.2) is 9.13 Å². The van der Waals surface area contributed by atoms with Crippen LogP contribution in [0, 0.1) is 0 Å². The smallest absolute Gasteiger partial charge is 0.291 e. The Hall–Kier alpha value is -3.11. The van der Waals surface area contributed by atoms with Crippen LogP contribution in [0.1, 0.15) is 23.1 Å². The maximum atomic E-state index is 6.49. The summed E-state index contributed by atoms with van der Waals surface area (Å²) in [6.07, 6.45) is -0.224. The average Bonchev–Trinajstić information content (AvgIpc) is 3.00. The Labute approximate surface area is 165 Å². The highest BCUT2D eigenvalue weighted by Crippen LogP contribution is 2.29. The first kappa shape index (κ1) is 18.3. The summed E-state index contributed by atoms with van der Waals surface area (Å²) in [4.78, 5) is 0. The lowest BCUT2D eigenvalue weighted by molar-refractivity contribution is -0.657. The van der Waals surface area contributed by atoms with Gasteiger partial charge in [-0.15, -0.1) is 0 Å². The zero-order valence-corrected chi connectivity index (χ0v) is 16.5. The molecule has 28 heavy (non-hydrogen) atoms. The molecule has 0 aliphatic carbocycles. The van der Waals surface area contributed by atoms with E-state index in [1.165, 1.54) is 11.0 Å². The zero-order valence-electron chi connectivity index (χ0n) is 16.5. The molecule has 4 heteroatoms. The fourth-order valence-electron chi connectivity index (χ4n) is 3.73. The van der Waals surface area contributed by atoms with Crippen LogP contribution in [0.5, 0.6) is 5.75 Å². The maximum absolute atomic E-state index is 6.49. The van der Waals surface area contributed by atoms with E-state index in [0.29, 0.717) is 6.61 Å². The van der Waals surface area contributed by atoms with E-state index in [2.05, 4.69) is 65.7 Å². The van der Waals surface area contributed by atoms with Crippen molar-refractivity contribution in [3.05, 3.63) is 95.8 Å². The topological polar surface area (TPSA) is 27.3 Å². The van der Waals surface area contributed by atoms with Crippen molar-refractivity contribution in [1.82, 2.24) is 4.57 Å². The van der Waals surface area contributed by atoms with Crippen molar-refractivity contribution >= 4 is 11.0 Å². The van der Waals surface area contributed by atoms with Gasteiger partial charge < -0.3 is 9.47 Å². The predicted molar refractivity (Wildman–Crippen MR) is 110 cm³/mol. The van der Waals surface area contributed by atoms with Crippen LogP contribution in [0.2, 0.25) is 0 Å². The van der Waals surface area contributed by atoms with Gasteiger partial charge >= 0.3 is 0 Å². The first-order valence-corrected chi connectivity index (χ1v) is 9.42. The van der Waals surface area contributed by atoms with Crippen LogP contribution >= 0.6 is 0 Å². The lowest BCUT2D eigenvalue weighted by Crippen LogP contribution is -2.35. The molecule has 0 aliphatic rings. The highest BCUT2D eigenvalue weighted by atomic mass is 16.5. The highest BCUT2D eigenvalue weighted by molar-refractivity contribution is 5.72. The Morgan fingerprint density at radius 3 is 2.43 bits per heavy atom. The molecule has 0 bridgehead atoms. The monoisotopic (exact) mass is 373 g/mol. The number of methoxy groups -OCH3 is 1. The molecule has 0 spiro atoms. The van der Waals surface area contributed by atoms with Crippen molar-refractivity contribution in [2.45, 2.75) is 12.7 Å². The molecule has 0 radical (unpaired) electrons. The maximum Gasteiger partial charge on any atom is 0.291 e. The van der Waals surface area contributed by atoms with Gasteiger partial charge in [0.05, 0.1) is 27.8 Å². The molecule has 0 saturated carbocycles. The molecule has 1 unspecified atom stereocenters. The van der Waals surface area contributed by atoms with Crippen LogP contribution in [-0.2, 0) is 25.4 Å². The van der Waals surface area contributed by atoms with Crippen molar-refractivity contribution in [1.29, 1.82) is 0 Å². The SMILES string of the molecule is COc1cccc(C(OCc2ccccc2)c2n(C)c3ccccc3[n+]2C)c1. The highest BCUT2D eigenvalue weighted by Gasteiger charge is 2.30. The van der Waals surface area contributed by atoms with Crippen molar-refractivity contribution in [2.24, 2.45) is 14.1 Å². The molecule has 1 atom stereocenters. The number of rotatable bonds is 6. The van der Waals surface area contributed by atoms with Crippen molar-refractivity contribution in [2.75, 3.05) is 7.11 Å². The normalized spacial score (nSPS) is 12.2. The molecule has 4 nitrogen and oxygen atoms in total. The number of ether oxygens (including phenoxy) is 2. The number of aromatic nitrogens is 2. The van der Waals surface area contributed by atoms with E-state index in [0.717, 1.165) is 22.7 Å². The van der Waals surface area contributed by atoms with Crippen LogP contribution in [-0.4, -0.2) is 11.7 Å². The Bertz CT molecular complexity index is 1050. The van der Waals surface area contributed by atoms with Gasteiger partial charge in [-0.1, -0.05) is 54.6 Å². The number of hydrogen-bond acceptors (Lipinski definition) is 2. The Morgan fingerprint density at radius 1 is 0.929 bits per heavy atom. The van der Waals surface area contributed by atoms with Crippen molar-refractivity contribution in [3.8, 4) is 5.75 Å². The van der Waals surface area contributed by atoms with Gasteiger partial charge in [-0.05, 0) is 35.4 Å². The molecule has 0 aliphatic heterocycles. The molecule has 0 fully saturated rings. The van der Waals surface area contributed by atoms with Gasteiger partial charge in [-0.2, -0.15) is 0 Å². The third-order valence-electron chi connectivity index (χ3n) is 5.18. The number of fused-ring (bicyclic) bond motifs is 1. The van der Waals surface area contributed by atoms with Gasteiger partial charge in [0.2, 0.25) is 0 Å². The van der Waals surface area contributed by atoms with Gasteiger partial charge in [-0.3, -0.25) is 0 Å². The van der Waals surface area contributed by atoms with Crippen LogP contribution in [0.4, 0.5) is 0 Å². The van der Waals surface area contributed by atoms with Crippen LogP contribution in [0.25, 0.3) is 11.0 Å². The fraction of sp³-hybridized carbons (Fsp3) is 0.208. The molecule has 0 N–H and O–H groups in total. The molecule has 4 rings (SSSR count). The second kappa shape index (κ2) is 7.87. The number of nitrogens with zero attached hydrogens (tertiary/aromatic N) is 2. The number of para-hydroxylation sites is 2. The van der Waals surface area contributed by atoms with Gasteiger partial charge in [0.25, 0.3) is 5.82 Å². The largest absolute Gasteiger partial charge is 0.497 e. The lowest BCUT2D eigenvalue weighted by atomic mass is 10.1. The first-order valence-electron chi connectivity index (χ1n) is 9.42. The quantitative estimate of drug-likeness (QED) is 0.471. The van der Waals surface area contributed by atoms with E-state index in [1.807, 2.05) is 36.4 Å². The average molecular weight is 373 g/mol. The van der Waals surface area contributed by atoms with Crippen LogP contribution < -0.4 is 9.30 Å². The van der Waals surface area contributed by atoms with Gasteiger partial charge in [0, 0.05) is 0 Å². The van der Waals surface area contributed by atoms with Crippen molar-refractivity contribution < 1.29 is 14.0 Å². The summed E-state index contributed by atoms with van der Waals surface area (Å²) in [5.41, 5.74) is 4.57. The minimum Gasteiger partial charge on any atom is -0.497 e. The third kappa shape index (κ3) is 3.39. The van der Waals surface area contributed by atoms with E-state index in [-0.39, 0.29) is 6.10 Å². The molecule has 142 valence electrons. The second-order valence-corrected chi connectivity index (χ2v) is 6.92. The van der Waals surface area contributed by atoms with Crippen LogP contribution in [0.15, 0.2) is 78.9 Å². The first-order chi connectivity index (χ1) is 13.7. The molecule has 1 aromatic heterocycles. The minimum atomic E-state index is -0.224. The van der Waals surface area contributed by atoms with E-state index < -0.39 is 0 Å². The predicted octanol–water partition coefficient (Wildman–Crippen LogP) is 4.32. The summed E-state index contributed by atoms with van der Waals surface area (Å²) < 4.78 is 16.4. The third-order valence-corrected chi connectivity index (χ3v) is 5.18. The Kier molecular flexibility index (Phi) is 5.13. The van der Waals surface area contributed by atoms with Gasteiger partial charge in [0.15, 0.2) is 17.1 Å².